The number of nitrogens with one attached hydrogen (secondary N) is 2. The van der Waals surface area contributed by atoms with Crippen LogP contribution in [0.2, 0.25) is 0 Å². The molecule has 2 heterocycles. The molecule has 0 radical (unpaired) electrons. The second kappa shape index (κ2) is 10.7. The van der Waals surface area contributed by atoms with Crippen molar-refractivity contribution in [2.45, 2.75) is 0 Å². The molecule has 0 aliphatic heterocycles. The summed E-state index contributed by atoms with van der Waals surface area (Å²) in [5.41, 5.74) is 6.44. The number of carbonyl (C=O) groups excluding carboxylic acids is 2. The Morgan fingerprint density at radius 1 is 0.840 bits per heavy atom. The predicted octanol–water partition coefficient (Wildman–Crippen LogP) is 0.810. The van der Waals surface area contributed by atoms with Gasteiger partial charge in [0.15, 0.2) is 0 Å². The van der Waals surface area contributed by atoms with Gasteiger partial charge in [0.05, 0.1) is 23.9 Å². The van der Waals surface area contributed by atoms with E-state index in [2.05, 4.69) is 31.0 Å². The van der Waals surface area contributed by atoms with E-state index in [-0.39, 0.29) is 23.3 Å². The summed E-state index contributed by atoms with van der Waals surface area (Å²) < 4.78 is 0. The second-order valence-electron chi connectivity index (χ2n) is 4.64. The van der Waals surface area contributed by atoms with Gasteiger partial charge in [0, 0.05) is 24.8 Å². The molecule has 0 atom stereocenters. The van der Waals surface area contributed by atoms with Crippen LogP contribution in [0, 0.1) is 0 Å². The van der Waals surface area contributed by atoms with Crippen molar-refractivity contribution in [2.24, 2.45) is 10.2 Å². The fourth-order valence-electron chi connectivity index (χ4n) is 1.56. The molecule has 0 aliphatic rings. The number of hydrazone groups is 2. The molecule has 2 rings (SSSR count). The fraction of sp³-hybridized carbons (Fsp3) is 0.125. The SMILES string of the molecule is O=C(CSCC(=O)N/N=C/c1ccncc1)N/N=C/c1ccncc1. The van der Waals surface area contributed by atoms with Gasteiger partial charge >= 0.3 is 0 Å². The minimum absolute atomic E-state index is 0.120. The Bertz CT molecular complexity index is 673. The van der Waals surface area contributed by atoms with Crippen LogP contribution in [0.5, 0.6) is 0 Å². The van der Waals surface area contributed by atoms with E-state index in [1.54, 1.807) is 49.1 Å². The number of carbonyl (C=O) groups is 2. The lowest BCUT2D eigenvalue weighted by Crippen LogP contribution is -2.23. The molecule has 0 saturated heterocycles. The molecule has 0 aromatic carbocycles. The summed E-state index contributed by atoms with van der Waals surface area (Å²) in [5.74, 6) is -0.337. The van der Waals surface area contributed by atoms with Gasteiger partial charge in [-0.1, -0.05) is 0 Å². The van der Waals surface area contributed by atoms with Crippen LogP contribution in [-0.4, -0.2) is 45.7 Å². The first-order valence-corrected chi connectivity index (χ1v) is 8.41. The van der Waals surface area contributed by atoms with Crippen LogP contribution < -0.4 is 10.9 Å². The van der Waals surface area contributed by atoms with E-state index >= 15 is 0 Å². The zero-order chi connectivity index (χ0) is 17.7. The molecular formula is C16H16N6O2S. The normalized spacial score (nSPS) is 10.9. The number of amides is 2. The van der Waals surface area contributed by atoms with Gasteiger partial charge < -0.3 is 0 Å². The van der Waals surface area contributed by atoms with E-state index in [0.29, 0.717) is 0 Å². The van der Waals surface area contributed by atoms with E-state index in [1.807, 2.05) is 0 Å². The van der Waals surface area contributed by atoms with Crippen LogP contribution >= 0.6 is 11.8 Å². The standard InChI is InChI=1S/C16H16N6O2S/c23-15(21-19-9-13-1-5-17-6-2-13)11-25-12-16(24)22-20-10-14-3-7-18-8-4-14/h1-10H,11-12H2,(H,21,23)(H,22,24)/b19-9+,20-10+. The summed E-state index contributed by atoms with van der Waals surface area (Å²) in [6.07, 6.45) is 9.57. The Labute approximate surface area is 148 Å². The van der Waals surface area contributed by atoms with Crippen molar-refractivity contribution < 1.29 is 9.59 Å². The number of hydrogen-bond donors (Lipinski definition) is 2. The van der Waals surface area contributed by atoms with Crippen LogP contribution in [0.1, 0.15) is 11.1 Å². The van der Waals surface area contributed by atoms with Crippen molar-refractivity contribution in [3.8, 4) is 0 Å². The molecule has 0 saturated carbocycles. The number of rotatable bonds is 8. The fourth-order valence-corrected chi connectivity index (χ4v) is 2.16. The lowest BCUT2D eigenvalue weighted by Gasteiger charge is -2.00. The monoisotopic (exact) mass is 356 g/mol. The highest BCUT2D eigenvalue weighted by Gasteiger charge is 2.04. The second-order valence-corrected chi connectivity index (χ2v) is 5.63. The van der Waals surface area contributed by atoms with E-state index in [0.717, 1.165) is 11.1 Å². The van der Waals surface area contributed by atoms with Gasteiger partial charge in [-0.3, -0.25) is 19.6 Å². The van der Waals surface area contributed by atoms with Crippen molar-refractivity contribution in [1.82, 2.24) is 20.8 Å². The highest BCUT2D eigenvalue weighted by Crippen LogP contribution is 1.98. The minimum atomic E-state index is -0.289. The van der Waals surface area contributed by atoms with Gasteiger partial charge in [0.1, 0.15) is 0 Å². The molecule has 25 heavy (non-hydrogen) atoms. The molecule has 0 bridgehead atoms. The summed E-state index contributed by atoms with van der Waals surface area (Å²) in [6, 6.07) is 7.06. The third kappa shape index (κ3) is 7.84. The number of thioether (sulfide) groups is 1. The van der Waals surface area contributed by atoms with Crippen molar-refractivity contribution in [3.05, 3.63) is 60.2 Å². The molecule has 2 amide bonds. The number of pyridine rings is 2. The molecule has 0 spiro atoms. The topological polar surface area (TPSA) is 109 Å². The molecule has 2 aromatic rings. The summed E-state index contributed by atoms with van der Waals surface area (Å²) >= 11 is 1.17. The Morgan fingerprint density at radius 2 is 1.24 bits per heavy atom. The van der Waals surface area contributed by atoms with Gasteiger partial charge in [-0.25, -0.2) is 10.9 Å². The van der Waals surface area contributed by atoms with Crippen LogP contribution in [0.25, 0.3) is 0 Å². The Hall–Kier alpha value is -3.07. The first kappa shape index (κ1) is 18.3. The van der Waals surface area contributed by atoms with Crippen LogP contribution in [0.3, 0.4) is 0 Å². The van der Waals surface area contributed by atoms with Gasteiger partial charge in [-0.15, -0.1) is 11.8 Å². The average Bonchev–Trinajstić information content (AvgIpc) is 2.63. The molecule has 2 aromatic heterocycles. The van der Waals surface area contributed by atoms with Gasteiger partial charge in [-0.2, -0.15) is 10.2 Å². The summed E-state index contributed by atoms with van der Waals surface area (Å²) in [5, 5.41) is 7.66. The molecule has 2 N–H and O–H groups in total. The quantitative estimate of drug-likeness (QED) is 0.537. The summed E-state index contributed by atoms with van der Waals surface area (Å²) in [4.78, 5) is 30.9. The molecule has 9 heteroatoms. The van der Waals surface area contributed by atoms with Crippen molar-refractivity contribution in [3.63, 3.8) is 0 Å². The smallest absolute Gasteiger partial charge is 0.250 e. The third-order valence-electron chi connectivity index (χ3n) is 2.68. The van der Waals surface area contributed by atoms with Gasteiger partial charge in [0.2, 0.25) is 11.8 Å². The maximum absolute atomic E-state index is 11.6. The first-order valence-electron chi connectivity index (χ1n) is 7.25. The highest BCUT2D eigenvalue weighted by atomic mass is 32.2. The molecule has 128 valence electrons. The van der Waals surface area contributed by atoms with Gasteiger partial charge in [-0.05, 0) is 35.4 Å². The Kier molecular flexibility index (Phi) is 7.79. The van der Waals surface area contributed by atoms with Crippen molar-refractivity contribution >= 4 is 36.0 Å². The van der Waals surface area contributed by atoms with E-state index in [1.165, 1.54) is 24.2 Å². The summed E-state index contributed by atoms with van der Waals surface area (Å²) in [7, 11) is 0. The van der Waals surface area contributed by atoms with E-state index in [4.69, 9.17) is 0 Å². The minimum Gasteiger partial charge on any atom is -0.272 e. The van der Waals surface area contributed by atoms with Crippen LogP contribution in [0.15, 0.2) is 59.3 Å². The number of nitrogens with zero attached hydrogens (tertiary/aromatic N) is 4. The van der Waals surface area contributed by atoms with Crippen LogP contribution in [0.4, 0.5) is 0 Å². The Balaban J connectivity index is 1.59. The van der Waals surface area contributed by atoms with Crippen molar-refractivity contribution in [2.75, 3.05) is 11.5 Å². The molecule has 8 nitrogen and oxygen atoms in total. The molecule has 0 unspecified atom stereocenters. The zero-order valence-electron chi connectivity index (χ0n) is 13.2. The largest absolute Gasteiger partial charge is 0.272 e. The maximum atomic E-state index is 11.6. The summed E-state index contributed by atoms with van der Waals surface area (Å²) in [6.45, 7) is 0. The molecule has 0 aliphatic carbocycles. The van der Waals surface area contributed by atoms with E-state index in [9.17, 15) is 9.59 Å². The third-order valence-corrected chi connectivity index (χ3v) is 3.62. The van der Waals surface area contributed by atoms with Gasteiger partial charge in [0.25, 0.3) is 0 Å². The average molecular weight is 356 g/mol. The Morgan fingerprint density at radius 3 is 1.64 bits per heavy atom. The maximum Gasteiger partial charge on any atom is 0.250 e. The molecular weight excluding hydrogens is 340 g/mol. The highest BCUT2D eigenvalue weighted by molar-refractivity contribution is 8.00. The number of hydrogen-bond acceptors (Lipinski definition) is 7. The lowest BCUT2D eigenvalue weighted by atomic mass is 10.3. The molecule has 0 fully saturated rings. The van der Waals surface area contributed by atoms with Crippen LogP contribution in [-0.2, 0) is 9.59 Å². The lowest BCUT2D eigenvalue weighted by molar-refractivity contribution is -0.118. The number of aromatic nitrogens is 2. The zero-order valence-corrected chi connectivity index (χ0v) is 14.0. The predicted molar refractivity (Wildman–Crippen MR) is 97.3 cm³/mol. The van der Waals surface area contributed by atoms with E-state index < -0.39 is 0 Å². The van der Waals surface area contributed by atoms with Crippen molar-refractivity contribution in [1.29, 1.82) is 0 Å². The first-order chi connectivity index (χ1) is 12.2.